The van der Waals surface area contributed by atoms with Crippen molar-refractivity contribution in [3.8, 4) is 17.2 Å². The zero-order valence-corrected chi connectivity index (χ0v) is 14.7. The summed E-state index contributed by atoms with van der Waals surface area (Å²) in [4.78, 5) is 22.9. The van der Waals surface area contributed by atoms with Crippen molar-refractivity contribution in [3.63, 3.8) is 0 Å². The second kappa shape index (κ2) is 8.70. The normalized spacial score (nSPS) is 11.3. The monoisotopic (exact) mass is 360 g/mol. The molecule has 1 atom stereocenters. The topological polar surface area (TPSA) is 99.9 Å². The number of hydrogen-bond acceptors (Lipinski definition) is 6. The lowest BCUT2D eigenvalue weighted by atomic mass is 10.2. The fourth-order valence-corrected chi connectivity index (χ4v) is 2.16. The average molecular weight is 360 g/mol. The Morgan fingerprint density at radius 2 is 1.85 bits per heavy atom. The Morgan fingerprint density at radius 3 is 2.42 bits per heavy atom. The maximum absolute atomic E-state index is 12.3. The second-order valence-corrected chi connectivity index (χ2v) is 5.30. The molecule has 0 aliphatic heterocycles. The van der Waals surface area contributed by atoms with Gasteiger partial charge in [-0.15, -0.1) is 0 Å². The molecule has 0 bridgehead atoms. The Labute approximate surface area is 150 Å². The van der Waals surface area contributed by atoms with Gasteiger partial charge in [-0.05, 0) is 50.2 Å². The number of hydrogen-bond donors (Lipinski definition) is 1. The number of anilines is 1. The summed E-state index contributed by atoms with van der Waals surface area (Å²) in [6, 6.07) is 11.0. The summed E-state index contributed by atoms with van der Waals surface area (Å²) in [5.41, 5.74) is 0.295. The number of carbonyl (C=O) groups is 1. The Kier molecular flexibility index (Phi) is 6.37. The minimum absolute atomic E-state index is 0.00913. The minimum atomic E-state index is -0.936. The van der Waals surface area contributed by atoms with Gasteiger partial charge in [-0.25, -0.2) is 0 Å². The highest BCUT2D eigenvalue weighted by molar-refractivity contribution is 5.94. The van der Waals surface area contributed by atoms with E-state index in [0.717, 1.165) is 0 Å². The van der Waals surface area contributed by atoms with Gasteiger partial charge in [-0.2, -0.15) is 0 Å². The smallest absolute Gasteiger partial charge is 0.314 e. The van der Waals surface area contributed by atoms with Crippen LogP contribution in [-0.2, 0) is 4.79 Å². The number of nitro benzene ring substituents is 1. The van der Waals surface area contributed by atoms with E-state index in [9.17, 15) is 14.9 Å². The summed E-state index contributed by atoms with van der Waals surface area (Å²) in [7, 11) is 1.41. The highest BCUT2D eigenvalue weighted by Gasteiger charge is 2.22. The van der Waals surface area contributed by atoms with Gasteiger partial charge >= 0.3 is 5.69 Å². The minimum Gasteiger partial charge on any atom is -0.496 e. The molecule has 8 heteroatoms. The van der Waals surface area contributed by atoms with Crippen molar-refractivity contribution in [2.24, 2.45) is 0 Å². The van der Waals surface area contributed by atoms with E-state index in [-0.39, 0.29) is 11.4 Å². The predicted molar refractivity (Wildman–Crippen MR) is 96.0 cm³/mol. The Morgan fingerprint density at radius 1 is 1.19 bits per heavy atom. The number of nitrogens with one attached hydrogen (secondary N) is 1. The number of ether oxygens (including phenoxy) is 3. The highest BCUT2D eigenvalue weighted by Crippen LogP contribution is 2.31. The lowest BCUT2D eigenvalue weighted by Crippen LogP contribution is -2.30. The summed E-state index contributed by atoms with van der Waals surface area (Å²) < 4.78 is 15.8. The van der Waals surface area contributed by atoms with Crippen LogP contribution in [-0.4, -0.2) is 30.7 Å². The van der Waals surface area contributed by atoms with Crippen molar-refractivity contribution in [2.75, 3.05) is 19.0 Å². The molecular formula is C18H20N2O6. The van der Waals surface area contributed by atoms with Crippen LogP contribution in [0.2, 0.25) is 0 Å². The molecule has 8 nitrogen and oxygen atoms in total. The van der Waals surface area contributed by atoms with Crippen molar-refractivity contribution in [1.82, 2.24) is 0 Å². The summed E-state index contributed by atoms with van der Waals surface area (Å²) in [6.45, 7) is 3.95. The number of benzene rings is 2. The molecule has 2 aromatic rings. The third-order valence-corrected chi connectivity index (χ3v) is 3.47. The molecule has 2 rings (SSSR count). The third-order valence-electron chi connectivity index (χ3n) is 3.47. The van der Waals surface area contributed by atoms with Crippen molar-refractivity contribution >= 4 is 17.3 Å². The van der Waals surface area contributed by atoms with E-state index in [2.05, 4.69) is 5.32 Å². The third kappa shape index (κ3) is 4.85. The number of nitro groups is 1. The molecule has 0 saturated carbocycles. The SMILES string of the molecule is CCOc1ccc(NC(=O)[C@H](C)Oc2ccc(OC)cc2[N+](=O)[O-])cc1. The van der Waals surface area contributed by atoms with Crippen LogP contribution in [0.5, 0.6) is 17.2 Å². The zero-order valence-electron chi connectivity index (χ0n) is 14.7. The van der Waals surface area contributed by atoms with Crippen LogP contribution in [0.15, 0.2) is 42.5 Å². The maximum atomic E-state index is 12.3. The van der Waals surface area contributed by atoms with Crippen LogP contribution in [0.1, 0.15) is 13.8 Å². The predicted octanol–water partition coefficient (Wildman–Crippen LogP) is 3.41. The van der Waals surface area contributed by atoms with Gasteiger partial charge in [0, 0.05) is 5.69 Å². The highest BCUT2D eigenvalue weighted by atomic mass is 16.6. The van der Waals surface area contributed by atoms with Gasteiger partial charge in [-0.3, -0.25) is 14.9 Å². The number of nitrogens with zero attached hydrogens (tertiary/aromatic N) is 1. The van der Waals surface area contributed by atoms with E-state index in [4.69, 9.17) is 14.2 Å². The Balaban J connectivity index is 2.06. The van der Waals surface area contributed by atoms with E-state index in [1.807, 2.05) is 6.92 Å². The van der Waals surface area contributed by atoms with Gasteiger partial charge in [0.25, 0.3) is 5.91 Å². The van der Waals surface area contributed by atoms with E-state index >= 15 is 0 Å². The maximum Gasteiger partial charge on any atom is 0.314 e. The van der Waals surface area contributed by atoms with Crippen LogP contribution < -0.4 is 19.5 Å². The molecule has 138 valence electrons. The van der Waals surface area contributed by atoms with E-state index in [1.54, 1.807) is 24.3 Å². The van der Waals surface area contributed by atoms with Crippen LogP contribution in [0.25, 0.3) is 0 Å². The first kappa shape index (κ1) is 19.0. The summed E-state index contributed by atoms with van der Waals surface area (Å²) in [5.74, 6) is 0.587. The fourth-order valence-electron chi connectivity index (χ4n) is 2.16. The van der Waals surface area contributed by atoms with Gasteiger partial charge in [0.05, 0.1) is 24.7 Å². The van der Waals surface area contributed by atoms with E-state index in [1.165, 1.54) is 32.2 Å². The molecule has 0 aliphatic rings. The zero-order chi connectivity index (χ0) is 19.1. The molecule has 0 heterocycles. The number of rotatable bonds is 8. The number of carbonyl (C=O) groups excluding carboxylic acids is 1. The molecule has 2 aromatic carbocycles. The first-order chi connectivity index (χ1) is 12.4. The molecule has 26 heavy (non-hydrogen) atoms. The van der Waals surface area contributed by atoms with Crippen LogP contribution >= 0.6 is 0 Å². The quantitative estimate of drug-likeness (QED) is 0.572. The Hall–Kier alpha value is -3.29. The molecule has 0 unspecified atom stereocenters. The molecule has 1 N–H and O–H groups in total. The molecule has 0 saturated heterocycles. The molecule has 1 amide bonds. The summed E-state index contributed by atoms with van der Waals surface area (Å²) >= 11 is 0. The van der Waals surface area contributed by atoms with Gasteiger partial charge in [-0.1, -0.05) is 0 Å². The van der Waals surface area contributed by atoms with Crippen LogP contribution in [0.4, 0.5) is 11.4 Å². The number of amides is 1. The fraction of sp³-hybridized carbons (Fsp3) is 0.278. The number of methoxy groups -OCH3 is 1. The first-order valence-corrected chi connectivity index (χ1v) is 7.97. The Bertz CT molecular complexity index is 776. The molecule has 0 spiro atoms. The van der Waals surface area contributed by atoms with Crippen molar-refractivity contribution in [2.45, 2.75) is 20.0 Å². The molecule has 0 aliphatic carbocycles. The van der Waals surface area contributed by atoms with Gasteiger partial charge in [0.1, 0.15) is 11.5 Å². The van der Waals surface area contributed by atoms with E-state index < -0.39 is 16.9 Å². The van der Waals surface area contributed by atoms with Crippen molar-refractivity contribution in [1.29, 1.82) is 0 Å². The molecule has 0 fully saturated rings. The van der Waals surface area contributed by atoms with Crippen LogP contribution in [0.3, 0.4) is 0 Å². The summed E-state index contributed by atoms with van der Waals surface area (Å²) in [5, 5.41) is 13.9. The standard InChI is InChI=1S/C18H20N2O6/c1-4-25-14-7-5-13(6-8-14)19-18(21)12(2)26-17-10-9-15(24-3)11-16(17)20(22)23/h5-12H,4H2,1-3H3,(H,19,21)/t12-/m0/s1. The lowest BCUT2D eigenvalue weighted by Gasteiger charge is -2.15. The van der Waals surface area contributed by atoms with Gasteiger partial charge in [0.15, 0.2) is 11.9 Å². The average Bonchev–Trinajstić information content (AvgIpc) is 2.63. The largest absolute Gasteiger partial charge is 0.496 e. The van der Waals surface area contributed by atoms with Crippen LogP contribution in [0, 0.1) is 10.1 Å². The molecular weight excluding hydrogens is 340 g/mol. The first-order valence-electron chi connectivity index (χ1n) is 7.97. The molecule has 0 aromatic heterocycles. The van der Waals surface area contributed by atoms with E-state index in [0.29, 0.717) is 23.8 Å². The second-order valence-electron chi connectivity index (χ2n) is 5.30. The lowest BCUT2D eigenvalue weighted by molar-refractivity contribution is -0.386. The summed E-state index contributed by atoms with van der Waals surface area (Å²) in [6.07, 6.45) is -0.936. The van der Waals surface area contributed by atoms with Crippen molar-refractivity contribution in [3.05, 3.63) is 52.6 Å². The molecule has 0 radical (unpaired) electrons. The van der Waals surface area contributed by atoms with Gasteiger partial charge < -0.3 is 19.5 Å². The van der Waals surface area contributed by atoms with Crippen molar-refractivity contribution < 1.29 is 23.9 Å². The van der Waals surface area contributed by atoms with Gasteiger partial charge in [0.2, 0.25) is 0 Å².